The van der Waals surface area contributed by atoms with Crippen LogP contribution in [0.1, 0.15) is 11.6 Å². The highest BCUT2D eigenvalue weighted by molar-refractivity contribution is 6.00. The Morgan fingerprint density at radius 2 is 1.52 bits per heavy atom. The summed E-state index contributed by atoms with van der Waals surface area (Å²) in [5.41, 5.74) is 6.47. The summed E-state index contributed by atoms with van der Waals surface area (Å²) in [6, 6.07) is 16.2. The molecule has 1 amide bonds. The van der Waals surface area contributed by atoms with Crippen LogP contribution in [-0.4, -0.2) is 23.5 Å². The highest BCUT2D eigenvalue weighted by Gasteiger charge is 2.31. The van der Waals surface area contributed by atoms with Gasteiger partial charge in [-0.1, -0.05) is 48.5 Å². The average molecular weight is 284 g/mol. The van der Waals surface area contributed by atoms with Crippen molar-refractivity contribution < 1.29 is 14.7 Å². The largest absolute Gasteiger partial charge is 0.479 e. The maximum atomic E-state index is 12.2. The second-order valence-corrected chi connectivity index (χ2v) is 4.45. The van der Waals surface area contributed by atoms with E-state index in [2.05, 4.69) is 0 Å². The highest BCUT2D eigenvalue weighted by atomic mass is 16.4. The van der Waals surface area contributed by atoms with Crippen LogP contribution in [0.5, 0.6) is 0 Å². The lowest BCUT2D eigenvalue weighted by Gasteiger charge is -2.29. The van der Waals surface area contributed by atoms with Gasteiger partial charge in [-0.05, 0) is 17.7 Å². The standard InChI is InChI=1S/C16H16N2O3/c17-11-14(19)18(13-9-5-2-6-10-13)15(16(20)21)12-7-3-1-4-8-12/h1-10,15H,11,17H2,(H,20,21). The van der Waals surface area contributed by atoms with E-state index in [-0.39, 0.29) is 6.54 Å². The number of carboxylic acid groups (broad SMARTS) is 1. The van der Waals surface area contributed by atoms with E-state index in [9.17, 15) is 14.7 Å². The van der Waals surface area contributed by atoms with Crippen LogP contribution in [0.25, 0.3) is 0 Å². The summed E-state index contributed by atoms with van der Waals surface area (Å²) in [5, 5.41) is 9.57. The molecule has 2 rings (SSSR count). The average Bonchev–Trinajstić information content (AvgIpc) is 2.53. The fourth-order valence-corrected chi connectivity index (χ4v) is 2.16. The van der Waals surface area contributed by atoms with Crippen molar-refractivity contribution >= 4 is 17.6 Å². The van der Waals surface area contributed by atoms with Gasteiger partial charge >= 0.3 is 5.97 Å². The molecular weight excluding hydrogens is 268 g/mol. The molecule has 0 aliphatic carbocycles. The Balaban J connectivity index is 2.52. The molecule has 0 aliphatic rings. The van der Waals surface area contributed by atoms with Crippen molar-refractivity contribution in [2.24, 2.45) is 5.73 Å². The lowest BCUT2D eigenvalue weighted by Crippen LogP contribution is -2.42. The molecule has 0 fully saturated rings. The zero-order valence-corrected chi connectivity index (χ0v) is 11.3. The van der Waals surface area contributed by atoms with Gasteiger partial charge in [0.1, 0.15) is 0 Å². The Kier molecular flexibility index (Phi) is 4.68. The molecule has 21 heavy (non-hydrogen) atoms. The zero-order chi connectivity index (χ0) is 15.2. The molecule has 2 aromatic carbocycles. The lowest BCUT2D eigenvalue weighted by molar-refractivity contribution is -0.140. The Labute approximate surface area is 122 Å². The molecule has 0 spiro atoms. The number of nitrogens with zero attached hydrogens (tertiary/aromatic N) is 1. The third-order valence-electron chi connectivity index (χ3n) is 3.09. The minimum absolute atomic E-state index is 0.258. The molecule has 0 radical (unpaired) electrons. The van der Waals surface area contributed by atoms with Gasteiger partial charge in [-0.15, -0.1) is 0 Å². The van der Waals surface area contributed by atoms with Crippen LogP contribution >= 0.6 is 0 Å². The van der Waals surface area contributed by atoms with E-state index < -0.39 is 17.9 Å². The van der Waals surface area contributed by atoms with E-state index in [1.165, 1.54) is 4.90 Å². The maximum absolute atomic E-state index is 12.2. The summed E-state index contributed by atoms with van der Waals surface area (Å²) in [6.45, 7) is -0.258. The van der Waals surface area contributed by atoms with E-state index in [4.69, 9.17) is 5.73 Å². The molecule has 108 valence electrons. The predicted octanol–water partition coefficient (Wildman–Crippen LogP) is 1.80. The van der Waals surface area contributed by atoms with Gasteiger partial charge < -0.3 is 10.8 Å². The number of hydrogen-bond acceptors (Lipinski definition) is 3. The second-order valence-electron chi connectivity index (χ2n) is 4.45. The molecule has 3 N–H and O–H groups in total. The molecule has 1 atom stereocenters. The van der Waals surface area contributed by atoms with Crippen LogP contribution in [0.15, 0.2) is 60.7 Å². The number of anilines is 1. The molecule has 1 unspecified atom stereocenters. The smallest absolute Gasteiger partial charge is 0.331 e. The van der Waals surface area contributed by atoms with E-state index in [1.54, 1.807) is 60.7 Å². The molecule has 0 bridgehead atoms. The molecule has 0 aromatic heterocycles. The minimum atomic E-state index is -1.11. The van der Waals surface area contributed by atoms with E-state index in [0.29, 0.717) is 11.3 Å². The number of hydrogen-bond donors (Lipinski definition) is 2. The number of amides is 1. The van der Waals surface area contributed by atoms with Crippen LogP contribution in [0, 0.1) is 0 Å². The number of nitrogens with two attached hydrogens (primary N) is 1. The van der Waals surface area contributed by atoms with Crippen molar-refractivity contribution in [2.45, 2.75) is 6.04 Å². The number of benzene rings is 2. The van der Waals surface area contributed by atoms with Gasteiger partial charge in [0.05, 0.1) is 6.54 Å². The van der Waals surface area contributed by atoms with E-state index in [0.717, 1.165) is 0 Å². The van der Waals surface area contributed by atoms with Crippen molar-refractivity contribution in [1.29, 1.82) is 0 Å². The van der Waals surface area contributed by atoms with Crippen LogP contribution < -0.4 is 10.6 Å². The van der Waals surface area contributed by atoms with Gasteiger partial charge in [-0.25, -0.2) is 4.79 Å². The first-order valence-corrected chi connectivity index (χ1v) is 6.50. The van der Waals surface area contributed by atoms with Crippen molar-refractivity contribution in [2.75, 3.05) is 11.4 Å². The Morgan fingerprint density at radius 1 is 1.00 bits per heavy atom. The van der Waals surface area contributed by atoms with Gasteiger partial charge in [0.15, 0.2) is 6.04 Å². The number of carbonyl (C=O) groups is 2. The number of carbonyl (C=O) groups excluding carboxylic acids is 1. The number of para-hydroxylation sites is 1. The van der Waals surface area contributed by atoms with Gasteiger partial charge in [0.25, 0.3) is 0 Å². The SMILES string of the molecule is NCC(=O)N(c1ccccc1)C(C(=O)O)c1ccccc1. The highest BCUT2D eigenvalue weighted by Crippen LogP contribution is 2.27. The monoisotopic (exact) mass is 284 g/mol. The topological polar surface area (TPSA) is 83.6 Å². The molecule has 0 heterocycles. The van der Waals surface area contributed by atoms with E-state index >= 15 is 0 Å². The summed E-state index contributed by atoms with van der Waals surface area (Å²) < 4.78 is 0. The first-order chi connectivity index (χ1) is 10.1. The maximum Gasteiger partial charge on any atom is 0.331 e. The number of carboxylic acids is 1. The number of rotatable bonds is 5. The molecule has 0 saturated carbocycles. The van der Waals surface area contributed by atoms with Gasteiger partial charge in [0, 0.05) is 5.69 Å². The van der Waals surface area contributed by atoms with Gasteiger partial charge in [-0.2, -0.15) is 0 Å². The summed E-state index contributed by atoms with van der Waals surface area (Å²) in [6.07, 6.45) is 0. The predicted molar refractivity (Wildman–Crippen MR) is 79.8 cm³/mol. The van der Waals surface area contributed by atoms with Crippen LogP contribution in [0.4, 0.5) is 5.69 Å². The summed E-state index contributed by atoms with van der Waals surface area (Å²) in [7, 11) is 0. The number of aliphatic carboxylic acids is 1. The molecular formula is C16H16N2O3. The van der Waals surface area contributed by atoms with Gasteiger partial charge in [-0.3, -0.25) is 9.69 Å². The molecule has 2 aromatic rings. The normalized spacial score (nSPS) is 11.7. The molecule has 5 nitrogen and oxygen atoms in total. The fourth-order valence-electron chi connectivity index (χ4n) is 2.16. The van der Waals surface area contributed by atoms with Crippen molar-refractivity contribution in [3.63, 3.8) is 0 Å². The third-order valence-corrected chi connectivity index (χ3v) is 3.09. The molecule has 5 heteroatoms. The van der Waals surface area contributed by atoms with Crippen molar-refractivity contribution in [3.05, 3.63) is 66.2 Å². The Hall–Kier alpha value is -2.66. The molecule has 0 aliphatic heterocycles. The third kappa shape index (κ3) is 3.27. The molecule has 0 saturated heterocycles. The Morgan fingerprint density at radius 3 is 2.00 bits per heavy atom. The first kappa shape index (κ1) is 14.7. The summed E-state index contributed by atoms with van der Waals surface area (Å²) in [5.74, 6) is -1.55. The van der Waals surface area contributed by atoms with E-state index in [1.807, 2.05) is 0 Å². The first-order valence-electron chi connectivity index (χ1n) is 6.50. The fraction of sp³-hybridized carbons (Fsp3) is 0.125. The lowest BCUT2D eigenvalue weighted by atomic mass is 10.0. The summed E-state index contributed by atoms with van der Waals surface area (Å²) in [4.78, 5) is 25.1. The zero-order valence-electron chi connectivity index (χ0n) is 11.3. The quantitative estimate of drug-likeness (QED) is 0.877. The van der Waals surface area contributed by atoms with Crippen LogP contribution in [-0.2, 0) is 9.59 Å². The minimum Gasteiger partial charge on any atom is -0.479 e. The van der Waals surface area contributed by atoms with Gasteiger partial charge in [0.2, 0.25) is 5.91 Å². The second kappa shape index (κ2) is 6.67. The van der Waals surface area contributed by atoms with Crippen molar-refractivity contribution in [1.82, 2.24) is 0 Å². The van der Waals surface area contributed by atoms with Crippen LogP contribution in [0.2, 0.25) is 0 Å². The Bertz CT molecular complexity index is 614. The van der Waals surface area contributed by atoms with Crippen molar-refractivity contribution in [3.8, 4) is 0 Å². The summed E-state index contributed by atoms with van der Waals surface area (Å²) >= 11 is 0. The van der Waals surface area contributed by atoms with Crippen LogP contribution in [0.3, 0.4) is 0 Å².